The van der Waals surface area contributed by atoms with Crippen LogP contribution in [-0.2, 0) is 0 Å². The number of hydrogen-bond donors (Lipinski definition) is 1. The molecule has 3 heterocycles. The van der Waals surface area contributed by atoms with Gasteiger partial charge in [-0.1, -0.05) is 54.1 Å². The monoisotopic (exact) mass is 441 g/mol. The number of hydrogen-bond acceptors (Lipinski definition) is 4. The van der Waals surface area contributed by atoms with E-state index in [0.717, 1.165) is 25.9 Å². The molecule has 170 valence electrons. The highest BCUT2D eigenvalue weighted by Gasteiger charge is 2.49. The van der Waals surface area contributed by atoms with Crippen LogP contribution in [0.1, 0.15) is 40.2 Å². The van der Waals surface area contributed by atoms with E-state index < -0.39 is 0 Å². The van der Waals surface area contributed by atoms with Gasteiger partial charge in [-0.2, -0.15) is 0 Å². The zero-order valence-electron chi connectivity index (χ0n) is 19.1. The number of nitrogens with zero attached hydrogens (tertiary/aromatic N) is 3. The van der Waals surface area contributed by atoms with Crippen LogP contribution in [0.4, 0.5) is 0 Å². The molecule has 0 radical (unpaired) electrons. The number of rotatable bonds is 4. The molecule has 2 aromatic carbocycles. The summed E-state index contributed by atoms with van der Waals surface area (Å²) in [4.78, 5) is 21.6. The second-order valence-corrected chi connectivity index (χ2v) is 9.27. The van der Waals surface area contributed by atoms with Crippen LogP contribution in [0.5, 0.6) is 0 Å². The third kappa shape index (κ3) is 4.31. The molecule has 2 fully saturated rings. The summed E-state index contributed by atoms with van der Waals surface area (Å²) < 4.78 is 0. The van der Waals surface area contributed by atoms with Crippen molar-refractivity contribution < 1.29 is 9.90 Å². The van der Waals surface area contributed by atoms with E-state index in [-0.39, 0.29) is 30.5 Å². The number of benzene rings is 2. The summed E-state index contributed by atoms with van der Waals surface area (Å²) in [5.41, 5.74) is 5.60. The molecule has 5 nitrogen and oxygen atoms in total. The number of carbonyl (C=O) groups excluding carboxylic acids is 1. The van der Waals surface area contributed by atoms with E-state index in [1.54, 1.807) is 24.5 Å². The molecule has 0 saturated carbocycles. The first-order valence-corrected chi connectivity index (χ1v) is 11.9. The van der Waals surface area contributed by atoms with Gasteiger partial charge in [0.05, 0.1) is 6.61 Å². The Morgan fingerprint density at radius 2 is 1.76 bits per heavy atom. The van der Waals surface area contributed by atoms with Gasteiger partial charge >= 0.3 is 0 Å². The molecule has 2 saturated heterocycles. The normalized spacial score (nSPS) is 23.2. The SMILES string of the molecule is Cc1cccc(-c2ccc([C@H]3[C@@H](CO)N4CCCCN(C(=O)c5ccncc5)C[C@@H]34)cc2)c1. The van der Waals surface area contributed by atoms with Crippen LogP contribution >= 0.6 is 0 Å². The van der Waals surface area contributed by atoms with Crippen molar-refractivity contribution in [3.05, 3.63) is 89.7 Å². The van der Waals surface area contributed by atoms with Gasteiger partial charge in [0.25, 0.3) is 5.91 Å². The van der Waals surface area contributed by atoms with Gasteiger partial charge < -0.3 is 10.0 Å². The molecule has 0 unspecified atom stereocenters. The second kappa shape index (κ2) is 9.46. The van der Waals surface area contributed by atoms with Crippen molar-refractivity contribution in [2.45, 2.75) is 37.8 Å². The first-order valence-electron chi connectivity index (χ1n) is 11.9. The van der Waals surface area contributed by atoms with Crippen LogP contribution in [0.2, 0.25) is 0 Å². The number of carbonyl (C=O) groups is 1. The zero-order chi connectivity index (χ0) is 22.8. The van der Waals surface area contributed by atoms with Crippen LogP contribution < -0.4 is 0 Å². The predicted molar refractivity (Wildman–Crippen MR) is 130 cm³/mol. The van der Waals surface area contributed by atoms with Crippen molar-refractivity contribution in [1.82, 2.24) is 14.8 Å². The Kier molecular flexibility index (Phi) is 6.25. The van der Waals surface area contributed by atoms with Gasteiger partial charge in [0, 0.05) is 49.0 Å². The molecule has 0 aliphatic carbocycles. The molecular weight excluding hydrogens is 410 g/mol. The zero-order valence-corrected chi connectivity index (χ0v) is 19.1. The number of aliphatic hydroxyl groups excluding tert-OH is 1. The van der Waals surface area contributed by atoms with E-state index in [9.17, 15) is 9.90 Å². The molecule has 5 rings (SSSR count). The average molecular weight is 442 g/mol. The van der Waals surface area contributed by atoms with Crippen LogP contribution in [0.3, 0.4) is 0 Å². The number of fused-ring (bicyclic) bond motifs is 1. The molecule has 0 spiro atoms. The molecule has 3 atom stereocenters. The highest BCUT2D eigenvalue weighted by Crippen LogP contribution is 2.42. The number of amides is 1. The van der Waals surface area contributed by atoms with E-state index in [2.05, 4.69) is 65.3 Å². The number of aryl methyl sites for hydroxylation is 1. The highest BCUT2D eigenvalue weighted by atomic mass is 16.3. The quantitative estimate of drug-likeness (QED) is 0.662. The van der Waals surface area contributed by atoms with Crippen molar-refractivity contribution in [2.75, 3.05) is 26.2 Å². The number of pyridine rings is 1. The molecule has 1 aromatic heterocycles. The summed E-state index contributed by atoms with van der Waals surface area (Å²) >= 11 is 0. The average Bonchev–Trinajstić information content (AvgIpc) is 2.83. The van der Waals surface area contributed by atoms with E-state index in [4.69, 9.17) is 0 Å². The van der Waals surface area contributed by atoms with Crippen molar-refractivity contribution >= 4 is 5.91 Å². The first kappa shape index (κ1) is 21.8. The van der Waals surface area contributed by atoms with Crippen LogP contribution in [0.15, 0.2) is 73.1 Å². The Bertz CT molecular complexity index is 1100. The Morgan fingerprint density at radius 1 is 1.00 bits per heavy atom. The minimum absolute atomic E-state index is 0.0697. The molecule has 3 aromatic rings. The van der Waals surface area contributed by atoms with Crippen molar-refractivity contribution in [2.24, 2.45) is 0 Å². The molecule has 2 aliphatic rings. The summed E-state index contributed by atoms with van der Waals surface area (Å²) in [5.74, 6) is 0.285. The predicted octanol–water partition coefficient (Wildman–Crippen LogP) is 4.12. The van der Waals surface area contributed by atoms with Gasteiger partial charge in [0.15, 0.2) is 0 Å². The van der Waals surface area contributed by atoms with Crippen LogP contribution in [-0.4, -0.2) is 64.1 Å². The van der Waals surface area contributed by atoms with Crippen molar-refractivity contribution in [3.63, 3.8) is 0 Å². The third-order valence-electron chi connectivity index (χ3n) is 7.23. The second-order valence-electron chi connectivity index (χ2n) is 9.27. The fraction of sp³-hybridized carbons (Fsp3) is 0.357. The van der Waals surface area contributed by atoms with E-state index >= 15 is 0 Å². The summed E-state index contributed by atoms with van der Waals surface area (Å²) in [5, 5.41) is 10.2. The lowest BCUT2D eigenvalue weighted by Crippen LogP contribution is -2.67. The maximum Gasteiger partial charge on any atom is 0.254 e. The molecule has 1 amide bonds. The molecule has 0 bridgehead atoms. The third-order valence-corrected chi connectivity index (χ3v) is 7.23. The van der Waals surface area contributed by atoms with Gasteiger partial charge in [-0.3, -0.25) is 14.7 Å². The van der Waals surface area contributed by atoms with Gasteiger partial charge in [-0.05, 0) is 55.1 Å². The standard InChI is InChI=1S/C28H31N3O2/c1-20-5-4-6-24(17-20)21-7-9-22(10-8-21)27-25-18-30(28(33)23-11-13-29-14-12-23)15-2-3-16-31(25)26(27)19-32/h4-14,17,25-27,32H,2-3,15-16,18-19H2,1H3/t25-,26+,27+/m0/s1. The Morgan fingerprint density at radius 3 is 2.48 bits per heavy atom. The molecule has 33 heavy (non-hydrogen) atoms. The van der Waals surface area contributed by atoms with Crippen LogP contribution in [0.25, 0.3) is 11.1 Å². The first-order chi connectivity index (χ1) is 16.2. The number of aromatic nitrogens is 1. The van der Waals surface area contributed by atoms with E-state index in [1.807, 2.05) is 4.90 Å². The highest BCUT2D eigenvalue weighted by molar-refractivity contribution is 5.94. The maximum absolute atomic E-state index is 13.2. The summed E-state index contributed by atoms with van der Waals surface area (Å²) in [6.07, 6.45) is 5.36. The van der Waals surface area contributed by atoms with Gasteiger partial charge in [-0.25, -0.2) is 0 Å². The maximum atomic E-state index is 13.2. The smallest absolute Gasteiger partial charge is 0.254 e. The lowest BCUT2D eigenvalue weighted by molar-refractivity contribution is -0.0606. The minimum Gasteiger partial charge on any atom is -0.395 e. The molecule has 2 aliphatic heterocycles. The van der Waals surface area contributed by atoms with Crippen LogP contribution in [0, 0.1) is 6.92 Å². The molecule has 1 N–H and O–H groups in total. The number of aliphatic hydroxyl groups is 1. The molecular formula is C28H31N3O2. The van der Waals surface area contributed by atoms with Gasteiger partial charge in [0.1, 0.15) is 0 Å². The lowest BCUT2D eigenvalue weighted by atomic mass is 9.74. The summed E-state index contributed by atoms with van der Waals surface area (Å²) in [7, 11) is 0. The lowest BCUT2D eigenvalue weighted by Gasteiger charge is -2.57. The van der Waals surface area contributed by atoms with Crippen molar-refractivity contribution in [1.29, 1.82) is 0 Å². The Balaban J connectivity index is 1.39. The van der Waals surface area contributed by atoms with E-state index in [1.165, 1.54) is 22.3 Å². The summed E-state index contributed by atoms with van der Waals surface area (Å²) in [6, 6.07) is 21.2. The Hall–Kier alpha value is -3.02. The Labute approximate surface area is 195 Å². The van der Waals surface area contributed by atoms with E-state index in [0.29, 0.717) is 12.1 Å². The largest absolute Gasteiger partial charge is 0.395 e. The summed E-state index contributed by atoms with van der Waals surface area (Å²) in [6.45, 7) is 4.68. The van der Waals surface area contributed by atoms with Crippen molar-refractivity contribution in [3.8, 4) is 11.1 Å². The molecule has 5 heteroatoms. The van der Waals surface area contributed by atoms with Gasteiger partial charge in [0.2, 0.25) is 0 Å². The topological polar surface area (TPSA) is 56.7 Å². The van der Waals surface area contributed by atoms with Gasteiger partial charge in [-0.15, -0.1) is 0 Å². The fourth-order valence-corrected chi connectivity index (χ4v) is 5.52. The fourth-order valence-electron chi connectivity index (χ4n) is 5.52. The minimum atomic E-state index is 0.0697.